The van der Waals surface area contributed by atoms with E-state index in [0.717, 1.165) is 5.75 Å². The fraction of sp³-hybridized carbons (Fsp3) is 0.300. The number of likely N-dealkylation sites (N-methyl/N-ethyl adjacent to an activating group) is 1. The highest BCUT2D eigenvalue weighted by Crippen LogP contribution is 2.30. The van der Waals surface area contributed by atoms with Crippen molar-refractivity contribution in [3.05, 3.63) is 54.1 Å². The molecule has 2 aromatic carbocycles. The van der Waals surface area contributed by atoms with Crippen LogP contribution >= 0.6 is 0 Å². The van der Waals surface area contributed by atoms with Gasteiger partial charge in [-0.05, 0) is 37.4 Å². The molecule has 1 aliphatic rings. The number of nitrogens with one attached hydrogen (secondary N) is 1. The Labute approximate surface area is 157 Å². The molecule has 27 heavy (non-hydrogen) atoms. The predicted octanol–water partition coefficient (Wildman–Crippen LogP) is 2.18. The molecular formula is C20H22N2O5. The van der Waals surface area contributed by atoms with Gasteiger partial charge in [0.25, 0.3) is 0 Å². The number of methoxy groups -OCH3 is 1. The Morgan fingerprint density at radius 3 is 2.74 bits per heavy atom. The molecule has 7 nitrogen and oxygen atoms in total. The van der Waals surface area contributed by atoms with Gasteiger partial charge in [-0.2, -0.15) is 0 Å². The van der Waals surface area contributed by atoms with Gasteiger partial charge in [-0.3, -0.25) is 9.69 Å². The minimum absolute atomic E-state index is 0.152. The molecular weight excluding hydrogens is 348 g/mol. The number of carbonyl (C=O) groups is 2. The van der Waals surface area contributed by atoms with Crippen molar-refractivity contribution >= 4 is 17.6 Å². The second kappa shape index (κ2) is 8.55. The molecule has 0 saturated heterocycles. The zero-order valence-corrected chi connectivity index (χ0v) is 15.3. The number of hydrogen-bond donors (Lipinski definition) is 1. The lowest BCUT2D eigenvalue weighted by molar-refractivity contribution is -0.117. The van der Waals surface area contributed by atoms with Crippen molar-refractivity contribution in [2.45, 2.75) is 6.10 Å². The zero-order chi connectivity index (χ0) is 19.2. The van der Waals surface area contributed by atoms with Gasteiger partial charge in [0.05, 0.1) is 19.2 Å². The van der Waals surface area contributed by atoms with Gasteiger partial charge in [-0.15, -0.1) is 0 Å². The van der Waals surface area contributed by atoms with Crippen LogP contribution in [0.4, 0.5) is 5.69 Å². The van der Waals surface area contributed by atoms with Gasteiger partial charge in [-0.25, -0.2) is 4.79 Å². The maximum absolute atomic E-state index is 12.3. The molecule has 2 aromatic rings. The largest absolute Gasteiger partial charge is 0.486 e. The molecule has 0 bridgehead atoms. The highest BCUT2D eigenvalue weighted by molar-refractivity contribution is 5.95. The molecule has 0 fully saturated rings. The van der Waals surface area contributed by atoms with E-state index in [1.807, 2.05) is 36.2 Å². The van der Waals surface area contributed by atoms with Gasteiger partial charge < -0.3 is 19.5 Å². The minimum atomic E-state index is -0.446. The lowest BCUT2D eigenvalue weighted by Crippen LogP contribution is -2.42. The summed E-state index contributed by atoms with van der Waals surface area (Å²) in [6.07, 6.45) is -0.152. The summed E-state index contributed by atoms with van der Waals surface area (Å²) in [6, 6.07) is 14.1. The number of ether oxygens (including phenoxy) is 3. The van der Waals surface area contributed by atoms with Crippen molar-refractivity contribution in [1.82, 2.24) is 4.90 Å². The van der Waals surface area contributed by atoms with Crippen molar-refractivity contribution in [3.63, 3.8) is 0 Å². The number of para-hydroxylation sites is 2. The first-order valence-corrected chi connectivity index (χ1v) is 8.60. The van der Waals surface area contributed by atoms with Gasteiger partial charge in [0.15, 0.2) is 11.5 Å². The Hall–Kier alpha value is -3.06. The van der Waals surface area contributed by atoms with Crippen LogP contribution in [0.25, 0.3) is 0 Å². The molecule has 0 unspecified atom stereocenters. The van der Waals surface area contributed by atoms with Gasteiger partial charge >= 0.3 is 5.97 Å². The van der Waals surface area contributed by atoms with Crippen molar-refractivity contribution in [1.29, 1.82) is 0 Å². The smallest absolute Gasteiger partial charge is 0.337 e. The van der Waals surface area contributed by atoms with Crippen LogP contribution in [0, 0.1) is 0 Å². The molecule has 0 aromatic heterocycles. The van der Waals surface area contributed by atoms with E-state index in [1.54, 1.807) is 24.3 Å². The number of benzene rings is 2. The third-order valence-corrected chi connectivity index (χ3v) is 4.06. The topological polar surface area (TPSA) is 77.1 Å². The number of carbonyl (C=O) groups excluding carboxylic acids is 2. The van der Waals surface area contributed by atoms with Crippen LogP contribution in [-0.2, 0) is 9.53 Å². The van der Waals surface area contributed by atoms with E-state index in [-0.39, 0.29) is 18.6 Å². The molecule has 0 spiro atoms. The van der Waals surface area contributed by atoms with E-state index in [2.05, 4.69) is 10.1 Å². The Morgan fingerprint density at radius 1 is 1.19 bits per heavy atom. The number of hydrogen-bond acceptors (Lipinski definition) is 6. The normalized spacial score (nSPS) is 15.3. The molecule has 0 saturated carbocycles. The van der Waals surface area contributed by atoms with Crippen LogP contribution in [0.3, 0.4) is 0 Å². The molecule has 0 radical (unpaired) electrons. The summed E-state index contributed by atoms with van der Waals surface area (Å²) in [7, 11) is 3.16. The van der Waals surface area contributed by atoms with E-state index in [4.69, 9.17) is 9.47 Å². The highest BCUT2D eigenvalue weighted by atomic mass is 16.6. The number of fused-ring (bicyclic) bond motifs is 1. The monoisotopic (exact) mass is 370 g/mol. The second-order valence-electron chi connectivity index (χ2n) is 6.31. The van der Waals surface area contributed by atoms with Crippen molar-refractivity contribution in [2.24, 2.45) is 0 Å². The summed E-state index contributed by atoms with van der Waals surface area (Å²) in [5.74, 6) is 0.820. The third-order valence-electron chi connectivity index (χ3n) is 4.06. The van der Waals surface area contributed by atoms with Crippen LogP contribution in [0.1, 0.15) is 10.4 Å². The Kier molecular flexibility index (Phi) is 5.93. The maximum Gasteiger partial charge on any atom is 0.337 e. The fourth-order valence-corrected chi connectivity index (χ4v) is 2.85. The molecule has 1 aliphatic heterocycles. The van der Waals surface area contributed by atoms with Crippen LogP contribution in [0.2, 0.25) is 0 Å². The van der Waals surface area contributed by atoms with Crippen molar-refractivity contribution < 1.29 is 23.8 Å². The average molecular weight is 370 g/mol. The second-order valence-corrected chi connectivity index (χ2v) is 6.31. The lowest BCUT2D eigenvalue weighted by atomic mass is 10.2. The molecule has 142 valence electrons. The first-order valence-electron chi connectivity index (χ1n) is 8.60. The number of esters is 1. The van der Waals surface area contributed by atoms with Crippen molar-refractivity contribution in [2.75, 3.05) is 39.2 Å². The Bertz CT molecular complexity index is 824. The van der Waals surface area contributed by atoms with E-state index in [1.165, 1.54) is 7.11 Å². The number of amides is 1. The summed E-state index contributed by atoms with van der Waals surface area (Å²) in [5.41, 5.74) is 0.928. The standard InChI is InChI=1S/C20H22N2O5/c1-22(11-16-13-26-17-8-3-4-9-18(17)27-16)12-19(23)21-15-7-5-6-14(10-15)20(24)25-2/h3-10,16H,11-13H2,1-2H3,(H,21,23)/t16-/m0/s1. The quantitative estimate of drug-likeness (QED) is 0.786. The fourth-order valence-electron chi connectivity index (χ4n) is 2.85. The summed E-state index contributed by atoms with van der Waals surface area (Å²) in [6.45, 7) is 1.16. The number of rotatable bonds is 6. The van der Waals surface area contributed by atoms with Gasteiger partial charge in [0.2, 0.25) is 5.91 Å². The maximum atomic E-state index is 12.3. The summed E-state index contributed by atoms with van der Waals surface area (Å²) >= 11 is 0. The first kappa shape index (κ1) is 18.7. The van der Waals surface area contributed by atoms with E-state index >= 15 is 0 Å². The van der Waals surface area contributed by atoms with Gasteiger partial charge in [0.1, 0.15) is 12.7 Å². The van der Waals surface area contributed by atoms with E-state index in [9.17, 15) is 9.59 Å². The average Bonchev–Trinajstić information content (AvgIpc) is 2.67. The van der Waals surface area contributed by atoms with E-state index < -0.39 is 5.97 Å². The molecule has 7 heteroatoms. The predicted molar refractivity (Wildman–Crippen MR) is 100 cm³/mol. The first-order chi connectivity index (χ1) is 13.0. The van der Waals surface area contributed by atoms with E-state index in [0.29, 0.717) is 30.2 Å². The summed E-state index contributed by atoms with van der Waals surface area (Å²) in [5, 5.41) is 2.78. The third kappa shape index (κ3) is 4.98. The van der Waals surface area contributed by atoms with Crippen LogP contribution in [0.5, 0.6) is 11.5 Å². The minimum Gasteiger partial charge on any atom is -0.486 e. The molecule has 1 heterocycles. The Balaban J connectivity index is 1.50. The molecule has 1 amide bonds. The SMILES string of the molecule is COC(=O)c1cccc(NC(=O)CN(C)C[C@H]2COc3ccccc3O2)c1. The van der Waals surface area contributed by atoms with Gasteiger partial charge in [-0.1, -0.05) is 18.2 Å². The highest BCUT2D eigenvalue weighted by Gasteiger charge is 2.22. The van der Waals surface area contributed by atoms with Crippen LogP contribution < -0.4 is 14.8 Å². The Morgan fingerprint density at radius 2 is 1.96 bits per heavy atom. The number of anilines is 1. The number of nitrogens with zero attached hydrogens (tertiary/aromatic N) is 1. The van der Waals surface area contributed by atoms with Gasteiger partial charge in [0, 0.05) is 12.2 Å². The summed E-state index contributed by atoms with van der Waals surface area (Å²) in [4.78, 5) is 25.7. The summed E-state index contributed by atoms with van der Waals surface area (Å²) < 4.78 is 16.3. The lowest BCUT2D eigenvalue weighted by Gasteiger charge is -2.29. The zero-order valence-electron chi connectivity index (χ0n) is 15.3. The molecule has 0 aliphatic carbocycles. The molecule has 1 N–H and O–H groups in total. The van der Waals surface area contributed by atoms with Crippen LogP contribution in [0.15, 0.2) is 48.5 Å². The van der Waals surface area contributed by atoms with Crippen molar-refractivity contribution in [3.8, 4) is 11.5 Å². The van der Waals surface area contributed by atoms with Crippen LogP contribution in [-0.4, -0.2) is 56.7 Å². The molecule has 3 rings (SSSR count). The molecule has 1 atom stereocenters.